The van der Waals surface area contributed by atoms with Crippen molar-refractivity contribution < 1.29 is 4.74 Å². The van der Waals surface area contributed by atoms with E-state index in [4.69, 9.17) is 9.72 Å². The second-order valence-electron chi connectivity index (χ2n) is 9.40. The minimum Gasteiger partial charge on any atom is -0.437 e. The van der Waals surface area contributed by atoms with Gasteiger partial charge in [0, 0.05) is 46.8 Å². The van der Waals surface area contributed by atoms with Crippen LogP contribution in [0.25, 0.3) is 22.0 Å². The highest BCUT2D eigenvalue weighted by Gasteiger charge is 2.17. The third-order valence-electron chi connectivity index (χ3n) is 6.62. The predicted molar refractivity (Wildman–Crippen MR) is 154 cm³/mol. The zero-order valence-electron chi connectivity index (χ0n) is 21.4. The molecule has 0 spiro atoms. The fourth-order valence-corrected chi connectivity index (χ4v) is 5.29. The average Bonchev–Trinajstić information content (AvgIpc) is 3.36. The minimum absolute atomic E-state index is 0.318. The van der Waals surface area contributed by atoms with Crippen molar-refractivity contribution in [3.05, 3.63) is 76.9 Å². The van der Waals surface area contributed by atoms with E-state index in [1.807, 2.05) is 43.5 Å². The van der Waals surface area contributed by atoms with E-state index in [2.05, 4.69) is 55.2 Å². The molecule has 3 aromatic heterocycles. The van der Waals surface area contributed by atoms with Gasteiger partial charge in [0.2, 0.25) is 11.8 Å². The second-order valence-corrected chi connectivity index (χ2v) is 10.5. The van der Waals surface area contributed by atoms with Gasteiger partial charge < -0.3 is 20.7 Å². The molecule has 5 aromatic rings. The van der Waals surface area contributed by atoms with Gasteiger partial charge in [0.05, 0.1) is 16.3 Å². The number of nitrogens with zero attached hydrogens (tertiary/aromatic N) is 4. The SMILES string of the molecule is Cc1nc(Nc2cccc3c(Oc4ncccc4-c4ccnc(NC5CCCNC5)n4)c(C)ccc23)cs1. The molecule has 0 radical (unpaired) electrons. The van der Waals surface area contributed by atoms with E-state index >= 15 is 0 Å². The number of rotatable bonds is 7. The second kappa shape index (κ2) is 10.7. The molecule has 1 unspecified atom stereocenters. The Labute approximate surface area is 225 Å². The monoisotopic (exact) mass is 523 g/mol. The molecule has 9 heteroatoms. The van der Waals surface area contributed by atoms with Crippen molar-refractivity contribution in [3.63, 3.8) is 0 Å². The lowest BCUT2D eigenvalue weighted by Gasteiger charge is -2.23. The van der Waals surface area contributed by atoms with Crippen molar-refractivity contribution in [2.45, 2.75) is 32.7 Å². The van der Waals surface area contributed by atoms with Crippen LogP contribution in [0.15, 0.2) is 66.3 Å². The van der Waals surface area contributed by atoms with Crippen molar-refractivity contribution in [3.8, 4) is 22.9 Å². The molecule has 2 aromatic carbocycles. The molecule has 8 nitrogen and oxygen atoms in total. The summed E-state index contributed by atoms with van der Waals surface area (Å²) in [6.45, 7) is 6.02. The van der Waals surface area contributed by atoms with Crippen LogP contribution in [-0.2, 0) is 0 Å². The number of piperidine rings is 1. The van der Waals surface area contributed by atoms with Gasteiger partial charge in [0.25, 0.3) is 0 Å². The van der Waals surface area contributed by atoms with Crippen LogP contribution >= 0.6 is 11.3 Å². The Morgan fingerprint density at radius 1 is 0.974 bits per heavy atom. The van der Waals surface area contributed by atoms with E-state index in [0.717, 1.165) is 75.8 Å². The molecule has 38 heavy (non-hydrogen) atoms. The Morgan fingerprint density at radius 2 is 1.92 bits per heavy atom. The molecule has 0 amide bonds. The highest BCUT2D eigenvalue weighted by Crippen LogP contribution is 2.39. The molecule has 1 saturated heterocycles. The number of hydrogen-bond donors (Lipinski definition) is 3. The number of aromatic nitrogens is 4. The Hall–Kier alpha value is -4.08. The molecule has 0 aliphatic carbocycles. The summed E-state index contributed by atoms with van der Waals surface area (Å²) in [5, 5.41) is 15.4. The molecule has 1 aliphatic heterocycles. The van der Waals surface area contributed by atoms with Gasteiger partial charge in [-0.05, 0) is 63.1 Å². The molecule has 1 fully saturated rings. The van der Waals surface area contributed by atoms with Crippen LogP contribution in [0.2, 0.25) is 0 Å². The maximum atomic E-state index is 6.56. The lowest BCUT2D eigenvalue weighted by Crippen LogP contribution is -2.38. The van der Waals surface area contributed by atoms with Crippen molar-refractivity contribution in [2.75, 3.05) is 23.7 Å². The number of pyridine rings is 1. The van der Waals surface area contributed by atoms with E-state index in [1.54, 1.807) is 23.7 Å². The van der Waals surface area contributed by atoms with E-state index < -0.39 is 0 Å². The first-order valence-electron chi connectivity index (χ1n) is 12.8. The Bertz CT molecular complexity index is 1580. The van der Waals surface area contributed by atoms with Gasteiger partial charge >= 0.3 is 0 Å². The number of aryl methyl sites for hydroxylation is 2. The summed E-state index contributed by atoms with van der Waals surface area (Å²) >= 11 is 1.62. The largest absolute Gasteiger partial charge is 0.437 e. The summed E-state index contributed by atoms with van der Waals surface area (Å²) in [4.78, 5) is 18.4. The van der Waals surface area contributed by atoms with E-state index in [9.17, 15) is 0 Å². The van der Waals surface area contributed by atoms with Crippen LogP contribution in [0.3, 0.4) is 0 Å². The van der Waals surface area contributed by atoms with Crippen molar-refractivity contribution >= 4 is 39.6 Å². The first-order chi connectivity index (χ1) is 18.6. The van der Waals surface area contributed by atoms with Crippen LogP contribution in [-0.4, -0.2) is 39.1 Å². The Kier molecular flexibility index (Phi) is 6.85. The molecule has 192 valence electrons. The number of benzene rings is 2. The first-order valence-corrected chi connectivity index (χ1v) is 13.7. The molecule has 4 heterocycles. The van der Waals surface area contributed by atoms with E-state index in [1.165, 1.54) is 0 Å². The van der Waals surface area contributed by atoms with Gasteiger partial charge in [0.15, 0.2) is 0 Å². The lowest BCUT2D eigenvalue weighted by molar-refractivity contribution is 0.466. The van der Waals surface area contributed by atoms with Crippen molar-refractivity contribution in [1.29, 1.82) is 0 Å². The van der Waals surface area contributed by atoms with E-state index in [0.29, 0.717) is 17.9 Å². The third kappa shape index (κ3) is 5.16. The predicted octanol–water partition coefficient (Wildman–Crippen LogP) is 6.46. The number of ether oxygens (including phenoxy) is 1. The average molecular weight is 524 g/mol. The Balaban J connectivity index is 1.33. The molecule has 1 aliphatic rings. The quantitative estimate of drug-likeness (QED) is 0.223. The Morgan fingerprint density at radius 3 is 2.76 bits per heavy atom. The molecule has 0 saturated carbocycles. The fraction of sp³-hybridized carbons (Fsp3) is 0.241. The van der Waals surface area contributed by atoms with Gasteiger partial charge in [-0.1, -0.05) is 24.3 Å². The summed E-state index contributed by atoms with van der Waals surface area (Å²) in [6.07, 6.45) is 5.76. The first kappa shape index (κ1) is 24.3. The topological polar surface area (TPSA) is 96.9 Å². The van der Waals surface area contributed by atoms with Crippen LogP contribution in [0.4, 0.5) is 17.5 Å². The maximum absolute atomic E-state index is 6.56. The molecule has 1 atom stereocenters. The van der Waals surface area contributed by atoms with Gasteiger partial charge in [-0.25, -0.2) is 19.9 Å². The zero-order chi connectivity index (χ0) is 25.9. The summed E-state index contributed by atoms with van der Waals surface area (Å²) in [5.74, 6) is 2.72. The van der Waals surface area contributed by atoms with Crippen LogP contribution in [0.5, 0.6) is 11.6 Å². The molecular formula is C29H29N7OS. The van der Waals surface area contributed by atoms with Crippen molar-refractivity contribution in [2.24, 2.45) is 0 Å². The zero-order valence-corrected chi connectivity index (χ0v) is 22.2. The minimum atomic E-state index is 0.318. The molecule has 6 rings (SSSR count). The number of hydrogen-bond acceptors (Lipinski definition) is 9. The summed E-state index contributed by atoms with van der Waals surface area (Å²) in [5.41, 5.74) is 3.56. The normalized spacial score (nSPS) is 15.4. The van der Waals surface area contributed by atoms with Gasteiger partial charge in [-0.15, -0.1) is 11.3 Å². The standard InChI is InChI=1S/C29H29N7OS/c1-18-10-11-21-22(7-3-9-24(21)35-26-17-38-19(2)33-26)27(18)37-28-23(8-5-14-31-28)25-12-15-32-29(36-25)34-20-6-4-13-30-16-20/h3,5,7-12,14-15,17,20,30,35H,4,6,13,16H2,1-2H3,(H,32,34,36). The maximum Gasteiger partial charge on any atom is 0.228 e. The number of fused-ring (bicyclic) bond motifs is 1. The smallest absolute Gasteiger partial charge is 0.228 e. The number of anilines is 3. The van der Waals surface area contributed by atoms with Gasteiger partial charge in [-0.2, -0.15) is 0 Å². The summed E-state index contributed by atoms with van der Waals surface area (Å²) in [7, 11) is 0. The summed E-state index contributed by atoms with van der Waals surface area (Å²) < 4.78 is 6.56. The lowest BCUT2D eigenvalue weighted by atomic mass is 10.0. The van der Waals surface area contributed by atoms with Gasteiger partial charge in [0.1, 0.15) is 11.6 Å². The van der Waals surface area contributed by atoms with Crippen LogP contribution in [0, 0.1) is 13.8 Å². The molecule has 0 bridgehead atoms. The fourth-order valence-electron chi connectivity index (χ4n) is 4.74. The van der Waals surface area contributed by atoms with Crippen LogP contribution in [0.1, 0.15) is 23.4 Å². The van der Waals surface area contributed by atoms with Crippen molar-refractivity contribution in [1.82, 2.24) is 25.3 Å². The molecule has 3 N–H and O–H groups in total. The van der Waals surface area contributed by atoms with E-state index in [-0.39, 0.29) is 0 Å². The number of nitrogens with one attached hydrogen (secondary N) is 3. The van der Waals surface area contributed by atoms with Crippen LogP contribution < -0.4 is 20.7 Å². The highest BCUT2D eigenvalue weighted by atomic mass is 32.1. The number of thiazole rings is 1. The van der Waals surface area contributed by atoms with Gasteiger partial charge in [-0.3, -0.25) is 0 Å². The summed E-state index contributed by atoms with van der Waals surface area (Å²) in [6, 6.07) is 16.4. The molecular weight excluding hydrogens is 494 g/mol. The highest BCUT2D eigenvalue weighted by molar-refractivity contribution is 7.09. The third-order valence-corrected chi connectivity index (χ3v) is 7.40.